The highest BCUT2D eigenvalue weighted by Crippen LogP contribution is 2.18. The largest absolute Gasteiger partial charge is 0.452 e. The maximum absolute atomic E-state index is 12.8. The van der Waals surface area contributed by atoms with Crippen LogP contribution in [-0.4, -0.2) is 40.3 Å². The fourth-order valence-corrected chi connectivity index (χ4v) is 4.69. The lowest BCUT2D eigenvalue weighted by molar-refractivity contribution is -0.124. The molecule has 0 fully saturated rings. The van der Waals surface area contributed by atoms with E-state index in [1.807, 2.05) is 18.2 Å². The standard InChI is InChI=1S/C25H27N3O4S/c29-23(26-13-7-15-33-19-8-3-1-4-9-19)17-32-25(31)18-11-12-20-21(16-18)27-22-10-5-2-6-14-28(22)24(20)30/h1,3-4,8-9,11-12,16H,2,5-7,10,13-15,17H2,(H,26,29). The Balaban J connectivity index is 1.27. The van der Waals surface area contributed by atoms with Gasteiger partial charge in [-0.1, -0.05) is 24.6 Å². The molecule has 0 saturated carbocycles. The summed E-state index contributed by atoms with van der Waals surface area (Å²) >= 11 is 1.73. The molecule has 7 nitrogen and oxygen atoms in total. The Morgan fingerprint density at radius 2 is 1.94 bits per heavy atom. The highest BCUT2D eigenvalue weighted by molar-refractivity contribution is 7.99. The normalized spacial score (nSPS) is 13.2. The molecule has 0 saturated heterocycles. The van der Waals surface area contributed by atoms with E-state index in [1.165, 1.54) is 4.90 Å². The molecular weight excluding hydrogens is 438 g/mol. The Morgan fingerprint density at radius 3 is 2.79 bits per heavy atom. The topological polar surface area (TPSA) is 90.3 Å². The van der Waals surface area contributed by atoms with E-state index >= 15 is 0 Å². The number of nitrogens with zero attached hydrogens (tertiary/aromatic N) is 2. The SMILES string of the molecule is O=C(COC(=O)c1ccc2c(=O)n3c(nc2c1)CCCCC3)NCCCSc1ccccc1. The van der Waals surface area contributed by atoms with Crippen LogP contribution >= 0.6 is 11.8 Å². The number of rotatable bonds is 8. The third-order valence-electron chi connectivity index (χ3n) is 5.54. The molecule has 172 valence electrons. The van der Waals surface area contributed by atoms with Crippen molar-refractivity contribution in [3.63, 3.8) is 0 Å². The van der Waals surface area contributed by atoms with Crippen molar-refractivity contribution >= 4 is 34.5 Å². The quantitative estimate of drug-likeness (QED) is 0.311. The zero-order valence-electron chi connectivity index (χ0n) is 18.4. The molecule has 3 aromatic rings. The van der Waals surface area contributed by atoms with Gasteiger partial charge in [-0.3, -0.25) is 14.2 Å². The van der Waals surface area contributed by atoms with Gasteiger partial charge in [-0.05, 0) is 55.3 Å². The number of carbonyl (C=O) groups excluding carboxylic acids is 2. The van der Waals surface area contributed by atoms with Crippen molar-refractivity contribution in [2.24, 2.45) is 0 Å². The molecule has 0 unspecified atom stereocenters. The van der Waals surface area contributed by atoms with Crippen molar-refractivity contribution in [3.05, 3.63) is 70.3 Å². The highest BCUT2D eigenvalue weighted by atomic mass is 32.2. The predicted molar refractivity (Wildman–Crippen MR) is 129 cm³/mol. The lowest BCUT2D eigenvalue weighted by Gasteiger charge is -2.11. The van der Waals surface area contributed by atoms with E-state index in [2.05, 4.69) is 22.4 Å². The second-order valence-corrected chi connectivity index (χ2v) is 9.14. The Hall–Kier alpha value is -3.13. The van der Waals surface area contributed by atoms with Gasteiger partial charge in [0.15, 0.2) is 6.61 Å². The molecule has 0 radical (unpaired) electrons. The molecule has 0 atom stereocenters. The molecular formula is C25H27N3O4S. The molecule has 1 amide bonds. The first-order valence-corrected chi connectivity index (χ1v) is 12.3. The van der Waals surface area contributed by atoms with Crippen LogP contribution in [0.25, 0.3) is 10.9 Å². The summed E-state index contributed by atoms with van der Waals surface area (Å²) in [6.07, 6.45) is 4.61. The van der Waals surface area contributed by atoms with E-state index in [0.717, 1.165) is 43.7 Å². The summed E-state index contributed by atoms with van der Waals surface area (Å²) < 4.78 is 6.91. The van der Waals surface area contributed by atoms with E-state index < -0.39 is 5.97 Å². The van der Waals surface area contributed by atoms with Gasteiger partial charge in [-0.25, -0.2) is 9.78 Å². The van der Waals surface area contributed by atoms with Gasteiger partial charge in [0.2, 0.25) is 0 Å². The summed E-state index contributed by atoms with van der Waals surface area (Å²) in [5.41, 5.74) is 0.699. The van der Waals surface area contributed by atoms with Gasteiger partial charge in [0.1, 0.15) is 5.82 Å². The first-order chi connectivity index (χ1) is 16.1. The summed E-state index contributed by atoms with van der Waals surface area (Å²) in [4.78, 5) is 43.1. The Labute approximate surface area is 196 Å². The predicted octanol–water partition coefficient (Wildman–Crippen LogP) is 3.58. The summed E-state index contributed by atoms with van der Waals surface area (Å²) in [6, 6.07) is 14.8. The average molecular weight is 466 g/mol. The lowest BCUT2D eigenvalue weighted by atomic mass is 10.1. The number of nitrogens with one attached hydrogen (secondary N) is 1. The fraction of sp³-hybridized carbons (Fsp3) is 0.360. The van der Waals surface area contributed by atoms with Crippen molar-refractivity contribution in [1.82, 2.24) is 14.9 Å². The summed E-state index contributed by atoms with van der Waals surface area (Å²) in [7, 11) is 0. The molecule has 8 heteroatoms. The third-order valence-corrected chi connectivity index (χ3v) is 6.64. The maximum atomic E-state index is 12.8. The highest BCUT2D eigenvalue weighted by Gasteiger charge is 2.16. The van der Waals surface area contributed by atoms with Crippen LogP contribution in [0.2, 0.25) is 0 Å². The lowest BCUT2D eigenvalue weighted by Crippen LogP contribution is -2.30. The third kappa shape index (κ3) is 6.01. The molecule has 1 aliphatic heterocycles. The summed E-state index contributed by atoms with van der Waals surface area (Å²) in [6.45, 7) is 0.856. The molecule has 0 bridgehead atoms. The molecule has 2 aromatic carbocycles. The second kappa shape index (κ2) is 11.1. The van der Waals surface area contributed by atoms with Crippen LogP contribution in [0.15, 0.2) is 58.2 Å². The molecule has 1 aromatic heterocycles. The number of ether oxygens (including phenoxy) is 1. The zero-order valence-corrected chi connectivity index (χ0v) is 19.2. The van der Waals surface area contributed by atoms with Crippen LogP contribution in [0.5, 0.6) is 0 Å². The van der Waals surface area contributed by atoms with Crippen LogP contribution in [0.1, 0.15) is 41.9 Å². The first kappa shape index (κ1) is 23.0. The summed E-state index contributed by atoms with van der Waals surface area (Å²) in [5, 5.41) is 3.26. The van der Waals surface area contributed by atoms with Crippen LogP contribution in [0, 0.1) is 0 Å². The number of hydrogen-bond acceptors (Lipinski definition) is 6. The van der Waals surface area contributed by atoms with Gasteiger partial charge in [0.25, 0.3) is 11.5 Å². The molecule has 0 spiro atoms. The van der Waals surface area contributed by atoms with Crippen LogP contribution in [-0.2, 0) is 22.5 Å². The van der Waals surface area contributed by atoms with Crippen LogP contribution in [0.4, 0.5) is 0 Å². The number of aromatic nitrogens is 2. The second-order valence-electron chi connectivity index (χ2n) is 7.97. The van der Waals surface area contributed by atoms with Crippen molar-refractivity contribution < 1.29 is 14.3 Å². The minimum absolute atomic E-state index is 0.0679. The molecule has 4 rings (SSSR count). The van der Waals surface area contributed by atoms with Crippen LogP contribution in [0.3, 0.4) is 0 Å². The number of thioether (sulfide) groups is 1. The molecule has 0 aliphatic carbocycles. The minimum Gasteiger partial charge on any atom is -0.452 e. The summed E-state index contributed by atoms with van der Waals surface area (Å²) in [5.74, 6) is 0.706. The van der Waals surface area contributed by atoms with Crippen molar-refractivity contribution in [3.8, 4) is 0 Å². The van der Waals surface area contributed by atoms with E-state index in [-0.39, 0.29) is 23.6 Å². The van der Waals surface area contributed by atoms with Gasteiger partial charge < -0.3 is 10.1 Å². The van der Waals surface area contributed by atoms with E-state index in [0.29, 0.717) is 24.0 Å². The number of benzene rings is 2. The molecule has 33 heavy (non-hydrogen) atoms. The van der Waals surface area contributed by atoms with Crippen LogP contribution < -0.4 is 10.9 Å². The van der Waals surface area contributed by atoms with Gasteiger partial charge in [-0.2, -0.15) is 0 Å². The molecule has 2 heterocycles. The van der Waals surface area contributed by atoms with E-state index in [4.69, 9.17) is 4.74 Å². The number of carbonyl (C=O) groups is 2. The van der Waals surface area contributed by atoms with E-state index in [1.54, 1.807) is 34.5 Å². The zero-order chi connectivity index (χ0) is 23.0. The Kier molecular flexibility index (Phi) is 7.78. The number of fused-ring (bicyclic) bond motifs is 2. The van der Waals surface area contributed by atoms with Crippen molar-refractivity contribution in [2.75, 3.05) is 18.9 Å². The van der Waals surface area contributed by atoms with Crippen molar-refractivity contribution in [1.29, 1.82) is 0 Å². The molecule has 1 N–H and O–H groups in total. The Morgan fingerprint density at radius 1 is 1.09 bits per heavy atom. The van der Waals surface area contributed by atoms with Crippen molar-refractivity contribution in [2.45, 2.75) is 43.5 Å². The maximum Gasteiger partial charge on any atom is 0.338 e. The first-order valence-electron chi connectivity index (χ1n) is 11.3. The number of hydrogen-bond donors (Lipinski definition) is 1. The average Bonchev–Trinajstić information content (AvgIpc) is 3.08. The number of esters is 1. The monoisotopic (exact) mass is 465 g/mol. The number of amides is 1. The molecule has 1 aliphatic rings. The fourth-order valence-electron chi connectivity index (χ4n) is 3.82. The van der Waals surface area contributed by atoms with E-state index in [9.17, 15) is 14.4 Å². The van der Waals surface area contributed by atoms with Gasteiger partial charge in [0.05, 0.1) is 16.5 Å². The Bertz CT molecular complexity index is 1190. The number of aryl methyl sites for hydroxylation is 1. The van der Waals surface area contributed by atoms with Gasteiger partial charge in [0, 0.05) is 24.4 Å². The van der Waals surface area contributed by atoms with Gasteiger partial charge in [-0.15, -0.1) is 11.8 Å². The smallest absolute Gasteiger partial charge is 0.338 e. The van der Waals surface area contributed by atoms with Gasteiger partial charge >= 0.3 is 5.97 Å². The minimum atomic E-state index is -0.608.